The summed E-state index contributed by atoms with van der Waals surface area (Å²) in [5, 5.41) is 19.7. The van der Waals surface area contributed by atoms with Gasteiger partial charge in [0.05, 0.1) is 16.8 Å². The van der Waals surface area contributed by atoms with Crippen LogP contribution in [0.15, 0.2) is 36.4 Å². The molecule has 0 unspecified atom stereocenters. The van der Waals surface area contributed by atoms with Crippen molar-refractivity contribution in [1.82, 2.24) is 10.2 Å². The molecule has 1 amide bonds. The van der Waals surface area contributed by atoms with Gasteiger partial charge in [-0.3, -0.25) is 9.89 Å². The quantitative estimate of drug-likeness (QED) is 0.679. The standard InChI is InChI=1S/C18H14FN3O3/c19-11-3-1-2-10(8-11)16-14-13(21-22-16)7-6-12(15(14)18(24)25)20-17(23)9-4-5-9/h1-3,6-9H,4-5H2,(H,20,23)(H,21,22)(H,24,25). The van der Waals surface area contributed by atoms with Gasteiger partial charge in [0, 0.05) is 16.9 Å². The van der Waals surface area contributed by atoms with Gasteiger partial charge in [0.1, 0.15) is 11.5 Å². The largest absolute Gasteiger partial charge is 0.478 e. The van der Waals surface area contributed by atoms with Crippen LogP contribution in [0.2, 0.25) is 0 Å². The SMILES string of the molecule is O=C(O)c1c(NC(=O)C2CC2)ccc2[nH]nc(-c3cccc(F)c3)c12. The highest BCUT2D eigenvalue weighted by molar-refractivity contribution is 6.14. The van der Waals surface area contributed by atoms with Crippen LogP contribution >= 0.6 is 0 Å². The Morgan fingerprint density at radius 1 is 1.24 bits per heavy atom. The predicted molar refractivity (Wildman–Crippen MR) is 89.8 cm³/mol. The van der Waals surface area contributed by atoms with Gasteiger partial charge < -0.3 is 10.4 Å². The van der Waals surface area contributed by atoms with E-state index in [1.54, 1.807) is 18.2 Å². The van der Waals surface area contributed by atoms with Gasteiger partial charge >= 0.3 is 5.97 Å². The molecule has 0 atom stereocenters. The molecule has 1 aliphatic carbocycles. The number of carboxylic acid groups (broad SMARTS) is 1. The number of rotatable bonds is 4. The Hall–Kier alpha value is -3.22. The van der Waals surface area contributed by atoms with Crippen LogP contribution in [0.3, 0.4) is 0 Å². The third kappa shape index (κ3) is 2.73. The van der Waals surface area contributed by atoms with Crippen molar-refractivity contribution in [3.05, 3.63) is 47.8 Å². The highest BCUT2D eigenvalue weighted by Crippen LogP contribution is 2.35. The van der Waals surface area contributed by atoms with Crippen LogP contribution in [0, 0.1) is 11.7 Å². The lowest BCUT2D eigenvalue weighted by Crippen LogP contribution is -2.16. The molecule has 0 spiro atoms. The zero-order valence-electron chi connectivity index (χ0n) is 13.0. The van der Waals surface area contributed by atoms with Crippen LogP contribution in [0.5, 0.6) is 0 Å². The molecule has 25 heavy (non-hydrogen) atoms. The van der Waals surface area contributed by atoms with Crippen LogP contribution in [-0.4, -0.2) is 27.2 Å². The second-order valence-electron chi connectivity index (χ2n) is 6.06. The number of aromatic amines is 1. The molecular formula is C18H14FN3O3. The molecule has 0 aliphatic heterocycles. The predicted octanol–water partition coefficient (Wildman–Crippen LogP) is 3.42. The number of hydrogen-bond donors (Lipinski definition) is 3. The lowest BCUT2D eigenvalue weighted by molar-refractivity contribution is -0.117. The van der Waals surface area contributed by atoms with E-state index in [4.69, 9.17) is 0 Å². The number of hydrogen-bond acceptors (Lipinski definition) is 3. The number of aromatic nitrogens is 2. The van der Waals surface area contributed by atoms with Gasteiger partial charge in [-0.15, -0.1) is 0 Å². The van der Waals surface area contributed by atoms with Crippen LogP contribution in [0.4, 0.5) is 10.1 Å². The van der Waals surface area contributed by atoms with E-state index in [1.807, 2.05) is 0 Å². The van der Waals surface area contributed by atoms with Crippen LogP contribution in [-0.2, 0) is 4.79 Å². The lowest BCUT2D eigenvalue weighted by atomic mass is 10.0. The molecule has 126 valence electrons. The van der Waals surface area contributed by atoms with E-state index in [-0.39, 0.29) is 23.1 Å². The zero-order valence-corrected chi connectivity index (χ0v) is 13.0. The number of anilines is 1. The van der Waals surface area contributed by atoms with Gasteiger partial charge in [-0.1, -0.05) is 12.1 Å². The molecule has 6 nitrogen and oxygen atoms in total. The van der Waals surface area contributed by atoms with Crippen molar-refractivity contribution in [2.75, 3.05) is 5.32 Å². The Labute approximate surface area is 141 Å². The molecule has 1 heterocycles. The first-order valence-electron chi connectivity index (χ1n) is 7.86. The van der Waals surface area contributed by atoms with Gasteiger partial charge in [0.2, 0.25) is 5.91 Å². The summed E-state index contributed by atoms with van der Waals surface area (Å²) in [6, 6.07) is 8.97. The third-order valence-corrected chi connectivity index (χ3v) is 4.25. The fraction of sp³-hybridized carbons (Fsp3) is 0.167. The molecule has 1 saturated carbocycles. The number of carbonyl (C=O) groups excluding carboxylic acids is 1. The van der Waals surface area contributed by atoms with E-state index in [0.717, 1.165) is 12.8 Å². The molecular weight excluding hydrogens is 325 g/mol. The van der Waals surface area contributed by atoms with Gasteiger partial charge in [-0.05, 0) is 37.1 Å². The first kappa shape index (κ1) is 15.3. The summed E-state index contributed by atoms with van der Waals surface area (Å²) in [5.41, 5.74) is 1.45. The van der Waals surface area contributed by atoms with Crippen molar-refractivity contribution < 1.29 is 19.1 Å². The summed E-state index contributed by atoms with van der Waals surface area (Å²) >= 11 is 0. The maximum atomic E-state index is 13.6. The number of nitrogens with zero attached hydrogens (tertiary/aromatic N) is 1. The summed E-state index contributed by atoms with van der Waals surface area (Å²) in [6.45, 7) is 0. The maximum Gasteiger partial charge on any atom is 0.338 e. The van der Waals surface area contributed by atoms with Crippen molar-refractivity contribution >= 4 is 28.5 Å². The van der Waals surface area contributed by atoms with Crippen molar-refractivity contribution in [2.45, 2.75) is 12.8 Å². The Morgan fingerprint density at radius 2 is 2.04 bits per heavy atom. The molecule has 0 bridgehead atoms. The summed E-state index contributed by atoms with van der Waals surface area (Å²) < 4.78 is 13.6. The van der Waals surface area contributed by atoms with Crippen molar-refractivity contribution in [2.24, 2.45) is 5.92 Å². The number of aromatic carboxylic acids is 1. The summed E-state index contributed by atoms with van der Waals surface area (Å²) in [4.78, 5) is 23.9. The minimum absolute atomic E-state index is 0.0515. The molecule has 7 heteroatoms. The fourth-order valence-electron chi connectivity index (χ4n) is 2.87. The van der Waals surface area contributed by atoms with Gasteiger partial charge in [-0.25, -0.2) is 9.18 Å². The molecule has 3 N–H and O–H groups in total. The molecule has 1 aliphatic rings. The number of nitrogens with one attached hydrogen (secondary N) is 2. The van der Waals surface area contributed by atoms with Gasteiger partial charge in [0.15, 0.2) is 0 Å². The van der Waals surface area contributed by atoms with E-state index in [9.17, 15) is 19.1 Å². The highest BCUT2D eigenvalue weighted by atomic mass is 19.1. The van der Waals surface area contributed by atoms with E-state index < -0.39 is 11.8 Å². The van der Waals surface area contributed by atoms with Crippen LogP contribution in [0.1, 0.15) is 23.2 Å². The molecule has 2 aromatic carbocycles. The zero-order chi connectivity index (χ0) is 17.6. The molecule has 0 radical (unpaired) electrons. The molecule has 0 saturated heterocycles. The number of fused-ring (bicyclic) bond motifs is 1. The van der Waals surface area contributed by atoms with E-state index in [0.29, 0.717) is 22.2 Å². The average Bonchev–Trinajstić information content (AvgIpc) is 3.34. The number of carbonyl (C=O) groups is 2. The average molecular weight is 339 g/mol. The smallest absolute Gasteiger partial charge is 0.338 e. The second-order valence-corrected chi connectivity index (χ2v) is 6.06. The summed E-state index contributed by atoms with van der Waals surface area (Å²) in [5.74, 6) is -1.86. The number of H-pyrrole nitrogens is 1. The Bertz CT molecular complexity index is 1010. The first-order valence-corrected chi connectivity index (χ1v) is 7.86. The van der Waals surface area contributed by atoms with Crippen molar-refractivity contribution in [1.29, 1.82) is 0 Å². The third-order valence-electron chi connectivity index (χ3n) is 4.25. The first-order chi connectivity index (χ1) is 12.0. The molecule has 3 aromatic rings. The van der Waals surface area contributed by atoms with E-state index >= 15 is 0 Å². The van der Waals surface area contributed by atoms with E-state index in [1.165, 1.54) is 18.2 Å². The van der Waals surface area contributed by atoms with Gasteiger partial charge in [-0.2, -0.15) is 5.10 Å². The number of halogens is 1. The lowest BCUT2D eigenvalue weighted by Gasteiger charge is -2.10. The molecule has 1 aromatic heterocycles. The maximum absolute atomic E-state index is 13.6. The number of carboxylic acids is 1. The topological polar surface area (TPSA) is 95.1 Å². The Kier molecular flexibility index (Phi) is 3.49. The normalized spacial score (nSPS) is 13.8. The number of amides is 1. The van der Waals surface area contributed by atoms with Crippen molar-refractivity contribution in [3.8, 4) is 11.3 Å². The minimum atomic E-state index is -1.18. The Morgan fingerprint density at radius 3 is 2.72 bits per heavy atom. The minimum Gasteiger partial charge on any atom is -0.478 e. The van der Waals surface area contributed by atoms with E-state index in [2.05, 4.69) is 15.5 Å². The summed E-state index contributed by atoms with van der Waals surface area (Å²) in [7, 11) is 0. The van der Waals surface area contributed by atoms with Crippen LogP contribution in [0.25, 0.3) is 22.2 Å². The fourth-order valence-corrected chi connectivity index (χ4v) is 2.87. The molecule has 1 fully saturated rings. The van der Waals surface area contributed by atoms with Crippen molar-refractivity contribution in [3.63, 3.8) is 0 Å². The molecule has 4 rings (SSSR count). The summed E-state index contributed by atoms with van der Waals surface area (Å²) in [6.07, 6.45) is 1.63. The van der Waals surface area contributed by atoms with Gasteiger partial charge in [0.25, 0.3) is 0 Å². The highest BCUT2D eigenvalue weighted by Gasteiger charge is 2.31. The van der Waals surface area contributed by atoms with Crippen LogP contribution < -0.4 is 5.32 Å². The monoisotopic (exact) mass is 339 g/mol. The Balaban J connectivity index is 1.90. The second kappa shape index (κ2) is 5.70. The number of benzene rings is 2.